The molecule has 0 saturated carbocycles. The Morgan fingerprint density at radius 1 is 1.50 bits per heavy atom. The Labute approximate surface area is 103 Å². The third-order valence-corrected chi connectivity index (χ3v) is 2.74. The van der Waals surface area contributed by atoms with Crippen LogP contribution >= 0.6 is 15.9 Å². The number of hydrogen-bond donors (Lipinski definition) is 2. The normalized spacial score (nSPS) is 10.5. The van der Waals surface area contributed by atoms with Gasteiger partial charge in [0.2, 0.25) is 0 Å². The highest BCUT2D eigenvalue weighted by Crippen LogP contribution is 2.21. The molecule has 0 radical (unpaired) electrons. The Kier molecular flexibility index (Phi) is 4.76. The van der Waals surface area contributed by atoms with Crippen molar-refractivity contribution in [2.75, 3.05) is 32.5 Å². The third-order valence-electron chi connectivity index (χ3n) is 2.09. The Bertz CT molecular complexity index is 380. The van der Waals surface area contributed by atoms with Crippen molar-refractivity contribution < 1.29 is 9.90 Å². The summed E-state index contributed by atoms with van der Waals surface area (Å²) in [4.78, 5) is 12.9. The van der Waals surface area contributed by atoms with Crippen LogP contribution in [-0.4, -0.2) is 43.2 Å². The molecule has 5 heteroatoms. The second-order valence-electron chi connectivity index (χ2n) is 3.73. The molecule has 0 heterocycles. The summed E-state index contributed by atoms with van der Waals surface area (Å²) in [7, 11) is 4.01. The maximum absolute atomic E-state index is 10.8. The fraction of sp³-hybridized carbons (Fsp3) is 0.364. The quantitative estimate of drug-likeness (QED) is 0.871. The van der Waals surface area contributed by atoms with Crippen molar-refractivity contribution in [3.63, 3.8) is 0 Å². The van der Waals surface area contributed by atoms with Crippen LogP contribution in [0.25, 0.3) is 0 Å². The van der Waals surface area contributed by atoms with Gasteiger partial charge in [0.1, 0.15) is 0 Å². The van der Waals surface area contributed by atoms with Crippen molar-refractivity contribution in [2.24, 2.45) is 0 Å². The number of carbonyl (C=O) groups is 1. The number of likely N-dealkylation sites (N-methyl/N-ethyl adjacent to an activating group) is 1. The van der Waals surface area contributed by atoms with E-state index in [0.29, 0.717) is 4.47 Å². The molecular formula is C11H15BrN2O2. The molecule has 16 heavy (non-hydrogen) atoms. The molecule has 0 aliphatic heterocycles. The van der Waals surface area contributed by atoms with E-state index in [4.69, 9.17) is 5.11 Å². The van der Waals surface area contributed by atoms with Crippen LogP contribution in [0.2, 0.25) is 0 Å². The average molecular weight is 287 g/mol. The van der Waals surface area contributed by atoms with E-state index in [0.717, 1.165) is 18.8 Å². The summed E-state index contributed by atoms with van der Waals surface area (Å²) in [6, 6.07) is 5.13. The first kappa shape index (κ1) is 13.0. The van der Waals surface area contributed by atoms with E-state index in [1.165, 1.54) is 0 Å². The van der Waals surface area contributed by atoms with Crippen LogP contribution in [0.15, 0.2) is 22.7 Å². The van der Waals surface area contributed by atoms with Gasteiger partial charge in [0.15, 0.2) is 0 Å². The fourth-order valence-electron chi connectivity index (χ4n) is 1.22. The number of nitrogens with zero attached hydrogens (tertiary/aromatic N) is 1. The summed E-state index contributed by atoms with van der Waals surface area (Å²) in [5, 5.41) is 12.1. The van der Waals surface area contributed by atoms with Gasteiger partial charge in [-0.25, -0.2) is 4.79 Å². The minimum Gasteiger partial charge on any atom is -0.478 e. The summed E-state index contributed by atoms with van der Waals surface area (Å²) in [5.74, 6) is -0.924. The van der Waals surface area contributed by atoms with Crippen LogP contribution in [0.1, 0.15) is 10.4 Å². The molecule has 0 spiro atoms. The van der Waals surface area contributed by atoms with Crippen LogP contribution in [0.5, 0.6) is 0 Å². The van der Waals surface area contributed by atoms with Crippen molar-refractivity contribution >= 4 is 27.6 Å². The summed E-state index contributed by atoms with van der Waals surface area (Å²) >= 11 is 3.24. The lowest BCUT2D eigenvalue weighted by atomic mass is 10.2. The number of carboxylic acid groups (broad SMARTS) is 1. The van der Waals surface area contributed by atoms with Crippen molar-refractivity contribution in [1.29, 1.82) is 0 Å². The molecule has 0 aromatic heterocycles. The van der Waals surface area contributed by atoms with Crippen molar-refractivity contribution in [3.05, 3.63) is 28.2 Å². The van der Waals surface area contributed by atoms with Crippen LogP contribution in [0.4, 0.5) is 5.69 Å². The molecule has 0 bridgehead atoms. The minimum atomic E-state index is -0.924. The standard InChI is InChI=1S/C11H15BrN2O2/c1-14(2)6-5-13-8-3-4-9(11(15)16)10(12)7-8/h3-4,7,13H,5-6H2,1-2H3,(H,15,16). The number of hydrogen-bond acceptors (Lipinski definition) is 3. The second kappa shape index (κ2) is 5.86. The second-order valence-corrected chi connectivity index (χ2v) is 4.58. The first-order valence-corrected chi connectivity index (χ1v) is 5.71. The predicted molar refractivity (Wildman–Crippen MR) is 68.1 cm³/mol. The molecule has 0 unspecified atom stereocenters. The Balaban J connectivity index is 2.63. The summed E-state index contributed by atoms with van der Waals surface area (Å²) in [6.07, 6.45) is 0. The molecule has 0 aliphatic rings. The van der Waals surface area contributed by atoms with Gasteiger partial charge in [-0.3, -0.25) is 0 Å². The molecule has 0 fully saturated rings. The van der Waals surface area contributed by atoms with Gasteiger partial charge in [-0.15, -0.1) is 0 Å². The molecule has 1 aromatic carbocycles. The highest BCUT2D eigenvalue weighted by molar-refractivity contribution is 9.10. The van der Waals surface area contributed by atoms with Crippen molar-refractivity contribution in [2.45, 2.75) is 0 Å². The van der Waals surface area contributed by atoms with E-state index in [1.807, 2.05) is 14.1 Å². The topological polar surface area (TPSA) is 52.6 Å². The lowest BCUT2D eigenvalue weighted by Gasteiger charge is -2.12. The van der Waals surface area contributed by atoms with Gasteiger partial charge in [0, 0.05) is 23.2 Å². The van der Waals surface area contributed by atoms with Gasteiger partial charge in [-0.1, -0.05) is 0 Å². The SMILES string of the molecule is CN(C)CCNc1ccc(C(=O)O)c(Br)c1. The average Bonchev–Trinajstić information content (AvgIpc) is 2.16. The molecule has 0 amide bonds. The maximum Gasteiger partial charge on any atom is 0.336 e. The van der Waals surface area contributed by atoms with E-state index in [9.17, 15) is 4.79 Å². The monoisotopic (exact) mass is 286 g/mol. The zero-order valence-corrected chi connectivity index (χ0v) is 10.9. The van der Waals surface area contributed by atoms with Gasteiger partial charge in [-0.2, -0.15) is 0 Å². The lowest BCUT2D eigenvalue weighted by Crippen LogP contribution is -2.20. The summed E-state index contributed by atoms with van der Waals surface area (Å²) in [6.45, 7) is 1.75. The van der Waals surface area contributed by atoms with Crippen molar-refractivity contribution in [1.82, 2.24) is 4.90 Å². The number of nitrogens with one attached hydrogen (secondary N) is 1. The highest BCUT2D eigenvalue weighted by Gasteiger charge is 2.07. The Morgan fingerprint density at radius 2 is 2.19 bits per heavy atom. The van der Waals surface area contributed by atoms with E-state index in [-0.39, 0.29) is 5.56 Å². The van der Waals surface area contributed by atoms with E-state index >= 15 is 0 Å². The van der Waals surface area contributed by atoms with Gasteiger partial charge < -0.3 is 15.3 Å². The van der Waals surface area contributed by atoms with E-state index in [1.54, 1.807) is 18.2 Å². The van der Waals surface area contributed by atoms with Crippen LogP contribution in [0, 0.1) is 0 Å². The Hall–Kier alpha value is -1.07. The zero-order chi connectivity index (χ0) is 12.1. The Morgan fingerprint density at radius 3 is 2.69 bits per heavy atom. The van der Waals surface area contributed by atoms with Gasteiger partial charge >= 0.3 is 5.97 Å². The summed E-state index contributed by atoms with van der Waals surface area (Å²) < 4.78 is 0.592. The molecular weight excluding hydrogens is 272 g/mol. The molecule has 1 rings (SSSR count). The van der Waals surface area contributed by atoms with Gasteiger partial charge in [0.05, 0.1) is 5.56 Å². The number of anilines is 1. The minimum absolute atomic E-state index is 0.276. The first-order valence-electron chi connectivity index (χ1n) is 4.92. The molecule has 4 nitrogen and oxygen atoms in total. The largest absolute Gasteiger partial charge is 0.478 e. The smallest absolute Gasteiger partial charge is 0.336 e. The third kappa shape index (κ3) is 3.83. The maximum atomic E-state index is 10.8. The number of halogens is 1. The molecule has 0 saturated heterocycles. The van der Waals surface area contributed by atoms with E-state index in [2.05, 4.69) is 26.1 Å². The van der Waals surface area contributed by atoms with Gasteiger partial charge in [0.25, 0.3) is 0 Å². The fourth-order valence-corrected chi connectivity index (χ4v) is 1.77. The number of rotatable bonds is 5. The van der Waals surface area contributed by atoms with Crippen LogP contribution < -0.4 is 5.32 Å². The molecule has 0 atom stereocenters. The molecule has 88 valence electrons. The molecule has 0 aliphatic carbocycles. The first-order chi connectivity index (χ1) is 7.50. The molecule has 1 aromatic rings. The lowest BCUT2D eigenvalue weighted by molar-refractivity contribution is 0.0696. The summed E-state index contributed by atoms with van der Waals surface area (Å²) in [5.41, 5.74) is 1.19. The van der Waals surface area contributed by atoms with Crippen molar-refractivity contribution in [3.8, 4) is 0 Å². The predicted octanol–water partition coefficient (Wildman–Crippen LogP) is 2.12. The highest BCUT2D eigenvalue weighted by atomic mass is 79.9. The number of benzene rings is 1. The van der Waals surface area contributed by atoms with Crippen LogP contribution in [-0.2, 0) is 0 Å². The molecule has 2 N–H and O–H groups in total. The van der Waals surface area contributed by atoms with Crippen LogP contribution in [0.3, 0.4) is 0 Å². The van der Waals surface area contributed by atoms with Gasteiger partial charge in [-0.05, 0) is 48.2 Å². The number of aromatic carboxylic acids is 1. The zero-order valence-electron chi connectivity index (χ0n) is 9.33. The van der Waals surface area contributed by atoms with E-state index < -0.39 is 5.97 Å². The number of carboxylic acids is 1.